The first-order chi connectivity index (χ1) is 12.4. The van der Waals surface area contributed by atoms with Crippen LogP contribution in [0.5, 0.6) is 0 Å². The van der Waals surface area contributed by atoms with Crippen LogP contribution in [-0.4, -0.2) is 0 Å². The SMILES string of the molecule is c1ccc2c(c1)-c1cccc3c1C21OC1c1c-3ccc2ccccc12. The molecule has 1 heterocycles. The average molecular weight is 318 g/mol. The lowest BCUT2D eigenvalue weighted by Gasteiger charge is -2.22. The van der Waals surface area contributed by atoms with Gasteiger partial charge in [-0.15, -0.1) is 0 Å². The number of rotatable bonds is 0. The lowest BCUT2D eigenvalue weighted by molar-refractivity contribution is 0.335. The van der Waals surface area contributed by atoms with E-state index < -0.39 is 0 Å². The molecule has 4 aromatic carbocycles. The van der Waals surface area contributed by atoms with Crippen LogP contribution in [0.3, 0.4) is 0 Å². The van der Waals surface area contributed by atoms with Gasteiger partial charge < -0.3 is 4.74 Å². The summed E-state index contributed by atoms with van der Waals surface area (Å²) in [4.78, 5) is 0. The van der Waals surface area contributed by atoms with Crippen molar-refractivity contribution in [3.63, 3.8) is 0 Å². The van der Waals surface area contributed by atoms with E-state index in [9.17, 15) is 0 Å². The largest absolute Gasteiger partial charge is 0.351 e. The van der Waals surface area contributed by atoms with E-state index >= 15 is 0 Å². The number of hydrogen-bond donors (Lipinski definition) is 0. The highest BCUT2D eigenvalue weighted by atomic mass is 16.6. The summed E-state index contributed by atoms with van der Waals surface area (Å²) in [5.41, 5.74) is 9.15. The van der Waals surface area contributed by atoms with Gasteiger partial charge in [0.15, 0.2) is 5.60 Å². The van der Waals surface area contributed by atoms with Crippen molar-refractivity contribution in [2.75, 3.05) is 0 Å². The van der Waals surface area contributed by atoms with Gasteiger partial charge in [-0.1, -0.05) is 78.9 Å². The Kier molecular flexibility index (Phi) is 1.92. The Morgan fingerprint density at radius 2 is 1.40 bits per heavy atom. The highest BCUT2D eigenvalue weighted by Crippen LogP contribution is 2.73. The molecule has 1 spiro atoms. The first kappa shape index (κ1) is 12.5. The van der Waals surface area contributed by atoms with Gasteiger partial charge in [0.1, 0.15) is 6.10 Å². The van der Waals surface area contributed by atoms with E-state index in [1.807, 2.05) is 0 Å². The lowest BCUT2D eigenvalue weighted by atomic mass is 9.76. The summed E-state index contributed by atoms with van der Waals surface area (Å²) in [6.07, 6.45) is 0.130. The van der Waals surface area contributed by atoms with Crippen LogP contribution >= 0.6 is 0 Å². The average Bonchev–Trinajstić information content (AvgIpc) is 3.37. The summed E-state index contributed by atoms with van der Waals surface area (Å²) in [5, 5.41) is 2.61. The molecule has 1 aliphatic heterocycles. The molecule has 0 aromatic heterocycles. The van der Waals surface area contributed by atoms with Crippen LogP contribution in [0.4, 0.5) is 0 Å². The first-order valence-corrected chi connectivity index (χ1v) is 8.83. The molecule has 0 bridgehead atoms. The van der Waals surface area contributed by atoms with Gasteiger partial charge in [-0.3, -0.25) is 0 Å². The fraction of sp³-hybridized carbons (Fsp3) is 0.0833. The molecule has 25 heavy (non-hydrogen) atoms. The number of fused-ring (bicyclic) bond motifs is 7. The molecular formula is C24H14O. The summed E-state index contributed by atoms with van der Waals surface area (Å²) in [5.74, 6) is 0. The van der Waals surface area contributed by atoms with Crippen LogP contribution in [0.1, 0.15) is 22.8 Å². The first-order valence-electron chi connectivity index (χ1n) is 8.83. The molecule has 7 rings (SSSR count). The quantitative estimate of drug-likeness (QED) is 0.372. The van der Waals surface area contributed by atoms with E-state index in [1.165, 1.54) is 49.7 Å². The van der Waals surface area contributed by atoms with E-state index in [0.717, 1.165) is 0 Å². The predicted molar refractivity (Wildman–Crippen MR) is 99.4 cm³/mol. The molecule has 0 amide bonds. The molecule has 0 N–H and O–H groups in total. The Hall–Kier alpha value is -2.90. The molecular weight excluding hydrogens is 304 g/mol. The number of hydrogen-bond acceptors (Lipinski definition) is 1. The van der Waals surface area contributed by atoms with E-state index in [2.05, 4.69) is 78.9 Å². The van der Waals surface area contributed by atoms with Crippen molar-refractivity contribution in [1.82, 2.24) is 0 Å². The normalized spacial score (nSPS) is 23.6. The van der Waals surface area contributed by atoms with Crippen molar-refractivity contribution in [3.05, 3.63) is 95.6 Å². The van der Waals surface area contributed by atoms with Gasteiger partial charge in [-0.25, -0.2) is 0 Å². The smallest absolute Gasteiger partial charge is 0.151 e. The second kappa shape index (κ2) is 3.84. The summed E-state index contributed by atoms with van der Waals surface area (Å²) in [6, 6.07) is 28.6. The van der Waals surface area contributed by atoms with E-state index in [-0.39, 0.29) is 11.7 Å². The summed E-state index contributed by atoms with van der Waals surface area (Å²) >= 11 is 0. The topological polar surface area (TPSA) is 12.5 Å². The minimum absolute atomic E-state index is 0.130. The molecule has 1 heteroatoms. The van der Waals surface area contributed by atoms with Crippen molar-refractivity contribution in [3.8, 4) is 22.3 Å². The Morgan fingerprint density at radius 1 is 0.640 bits per heavy atom. The summed E-state index contributed by atoms with van der Waals surface area (Å²) in [6.45, 7) is 0. The molecule has 2 aliphatic carbocycles. The van der Waals surface area contributed by atoms with Crippen LogP contribution in [-0.2, 0) is 10.3 Å². The molecule has 1 fully saturated rings. The minimum atomic E-state index is -0.264. The van der Waals surface area contributed by atoms with Gasteiger partial charge in [0.25, 0.3) is 0 Å². The van der Waals surface area contributed by atoms with Crippen molar-refractivity contribution in [1.29, 1.82) is 0 Å². The summed E-state index contributed by atoms with van der Waals surface area (Å²) < 4.78 is 6.55. The van der Waals surface area contributed by atoms with Gasteiger partial charge in [-0.2, -0.15) is 0 Å². The Morgan fingerprint density at radius 3 is 2.36 bits per heavy atom. The maximum absolute atomic E-state index is 6.55. The minimum Gasteiger partial charge on any atom is -0.351 e. The molecule has 0 radical (unpaired) electrons. The van der Waals surface area contributed by atoms with Crippen LogP contribution in [0, 0.1) is 0 Å². The fourth-order valence-corrected chi connectivity index (χ4v) is 5.20. The maximum Gasteiger partial charge on any atom is 0.151 e. The molecule has 0 saturated carbocycles. The zero-order chi connectivity index (χ0) is 16.2. The third-order valence-electron chi connectivity index (χ3n) is 6.19. The van der Waals surface area contributed by atoms with Crippen LogP contribution < -0.4 is 0 Å². The maximum atomic E-state index is 6.55. The summed E-state index contributed by atoms with van der Waals surface area (Å²) in [7, 11) is 0. The van der Waals surface area contributed by atoms with Gasteiger partial charge in [0, 0.05) is 11.1 Å². The van der Waals surface area contributed by atoms with Crippen LogP contribution in [0.2, 0.25) is 0 Å². The molecule has 116 valence electrons. The molecule has 2 unspecified atom stereocenters. The Balaban J connectivity index is 1.69. The van der Waals surface area contributed by atoms with Gasteiger partial charge >= 0.3 is 0 Å². The van der Waals surface area contributed by atoms with Crippen molar-refractivity contribution < 1.29 is 4.74 Å². The fourth-order valence-electron chi connectivity index (χ4n) is 5.20. The standard InChI is InChI=1S/C24H14O/c1-2-7-15-14(6-1)12-13-17-19-10-5-9-18-16-8-3-4-11-20(16)24(22(18)19)23(25-24)21(15)17/h1-13,23H. The highest BCUT2D eigenvalue weighted by molar-refractivity contribution is 5.99. The molecule has 3 aliphatic rings. The van der Waals surface area contributed by atoms with Crippen molar-refractivity contribution in [2.45, 2.75) is 11.7 Å². The second-order valence-corrected chi connectivity index (χ2v) is 7.26. The van der Waals surface area contributed by atoms with Crippen molar-refractivity contribution in [2.24, 2.45) is 0 Å². The number of benzene rings is 4. The van der Waals surface area contributed by atoms with E-state index in [1.54, 1.807) is 0 Å². The monoisotopic (exact) mass is 318 g/mol. The Bertz CT molecular complexity index is 1240. The van der Waals surface area contributed by atoms with Crippen LogP contribution in [0.25, 0.3) is 33.0 Å². The van der Waals surface area contributed by atoms with Crippen LogP contribution in [0.15, 0.2) is 78.9 Å². The predicted octanol–water partition coefficient (Wildman–Crippen LogP) is 5.82. The third kappa shape index (κ3) is 1.23. The van der Waals surface area contributed by atoms with Gasteiger partial charge in [0.05, 0.1) is 0 Å². The lowest BCUT2D eigenvalue weighted by Crippen LogP contribution is -2.14. The molecule has 1 nitrogen and oxygen atoms in total. The third-order valence-corrected chi connectivity index (χ3v) is 6.19. The Labute approximate surface area is 145 Å². The number of epoxide rings is 1. The van der Waals surface area contributed by atoms with E-state index in [4.69, 9.17) is 4.74 Å². The zero-order valence-electron chi connectivity index (χ0n) is 13.5. The second-order valence-electron chi connectivity index (χ2n) is 7.26. The molecule has 2 atom stereocenters. The zero-order valence-corrected chi connectivity index (χ0v) is 13.5. The number of ether oxygens (including phenoxy) is 1. The molecule has 4 aromatic rings. The molecule has 1 saturated heterocycles. The van der Waals surface area contributed by atoms with Gasteiger partial charge in [-0.05, 0) is 38.6 Å². The van der Waals surface area contributed by atoms with Gasteiger partial charge in [0.2, 0.25) is 0 Å². The van der Waals surface area contributed by atoms with E-state index in [0.29, 0.717) is 0 Å². The highest BCUT2D eigenvalue weighted by Gasteiger charge is 2.67. The van der Waals surface area contributed by atoms with Crippen molar-refractivity contribution >= 4 is 10.8 Å².